The number of nitrogens with two attached hydrogens (primary N) is 2. The molecule has 0 bridgehead atoms. The molecule has 21 heavy (non-hydrogen) atoms. The van der Waals surface area contributed by atoms with E-state index in [1.165, 1.54) is 0 Å². The minimum Gasteiger partial charge on any atom is -0.369 e. The molecule has 1 aliphatic heterocycles. The quantitative estimate of drug-likeness (QED) is 0.828. The Labute approximate surface area is 125 Å². The van der Waals surface area contributed by atoms with E-state index < -0.39 is 5.41 Å². The van der Waals surface area contributed by atoms with E-state index in [1.54, 1.807) is 4.90 Å². The first-order valence-corrected chi connectivity index (χ1v) is 7.29. The summed E-state index contributed by atoms with van der Waals surface area (Å²) in [7, 11) is 0. The highest BCUT2D eigenvalue weighted by atomic mass is 16.2. The number of carbonyl (C=O) groups excluding carboxylic acids is 2. The smallest absolute Gasteiger partial charge is 0.227 e. The van der Waals surface area contributed by atoms with Crippen LogP contribution in [0.4, 0.5) is 0 Å². The van der Waals surface area contributed by atoms with Crippen LogP contribution in [0.15, 0.2) is 30.3 Å². The Bertz CT molecular complexity index is 518. The molecular weight excluding hydrogens is 266 g/mol. The predicted molar refractivity (Wildman–Crippen MR) is 81.2 cm³/mol. The van der Waals surface area contributed by atoms with Crippen LogP contribution in [0.5, 0.6) is 0 Å². The minimum atomic E-state index is -0.610. The Kier molecular flexibility index (Phi) is 4.63. The van der Waals surface area contributed by atoms with Gasteiger partial charge in [0.1, 0.15) is 0 Å². The first-order valence-electron chi connectivity index (χ1n) is 7.29. The Morgan fingerprint density at radius 3 is 2.52 bits per heavy atom. The average Bonchev–Trinajstić information content (AvgIpc) is 2.89. The lowest BCUT2D eigenvalue weighted by Gasteiger charge is -2.24. The summed E-state index contributed by atoms with van der Waals surface area (Å²) in [5.41, 5.74) is 11.7. The average molecular weight is 289 g/mol. The van der Waals surface area contributed by atoms with Gasteiger partial charge in [0.15, 0.2) is 0 Å². The van der Waals surface area contributed by atoms with E-state index in [9.17, 15) is 9.59 Å². The van der Waals surface area contributed by atoms with Crippen molar-refractivity contribution < 1.29 is 9.59 Å². The van der Waals surface area contributed by atoms with Crippen molar-refractivity contribution in [3.05, 3.63) is 35.9 Å². The Morgan fingerprint density at radius 2 is 2.00 bits per heavy atom. The van der Waals surface area contributed by atoms with Crippen LogP contribution in [0.2, 0.25) is 0 Å². The van der Waals surface area contributed by atoms with Crippen LogP contribution < -0.4 is 11.5 Å². The molecule has 0 radical (unpaired) electrons. The lowest BCUT2D eigenvalue weighted by Crippen LogP contribution is -2.42. The molecule has 0 saturated carbocycles. The second-order valence-electron chi connectivity index (χ2n) is 6.06. The Hall–Kier alpha value is -1.88. The zero-order valence-electron chi connectivity index (χ0n) is 12.4. The number of nitrogens with zero attached hydrogens (tertiary/aromatic N) is 1. The van der Waals surface area contributed by atoms with Crippen LogP contribution in [-0.2, 0) is 16.0 Å². The molecule has 2 atom stereocenters. The zero-order valence-corrected chi connectivity index (χ0v) is 12.4. The van der Waals surface area contributed by atoms with Gasteiger partial charge in [0.05, 0.1) is 11.3 Å². The molecule has 2 amide bonds. The van der Waals surface area contributed by atoms with Gasteiger partial charge in [0, 0.05) is 19.6 Å². The molecule has 5 heteroatoms. The fourth-order valence-electron chi connectivity index (χ4n) is 2.78. The Balaban J connectivity index is 2.03. The third-order valence-corrected chi connectivity index (χ3v) is 4.34. The summed E-state index contributed by atoms with van der Waals surface area (Å²) in [6, 6.07) is 9.84. The largest absolute Gasteiger partial charge is 0.369 e. The van der Waals surface area contributed by atoms with E-state index in [0.29, 0.717) is 32.5 Å². The van der Waals surface area contributed by atoms with Crippen LogP contribution >= 0.6 is 0 Å². The summed E-state index contributed by atoms with van der Waals surface area (Å²) in [6.07, 6.45) is 1.25. The van der Waals surface area contributed by atoms with Crippen molar-refractivity contribution in [2.75, 3.05) is 19.6 Å². The molecule has 1 saturated heterocycles. The van der Waals surface area contributed by atoms with E-state index >= 15 is 0 Å². The molecule has 4 N–H and O–H groups in total. The monoisotopic (exact) mass is 289 g/mol. The summed E-state index contributed by atoms with van der Waals surface area (Å²) >= 11 is 0. The van der Waals surface area contributed by atoms with Gasteiger partial charge in [-0.1, -0.05) is 30.3 Å². The molecule has 1 fully saturated rings. The molecule has 2 unspecified atom stereocenters. The topological polar surface area (TPSA) is 89.4 Å². The van der Waals surface area contributed by atoms with Crippen molar-refractivity contribution >= 4 is 11.8 Å². The molecule has 2 rings (SSSR count). The van der Waals surface area contributed by atoms with Crippen LogP contribution in [0, 0.1) is 11.3 Å². The summed E-state index contributed by atoms with van der Waals surface area (Å²) in [5, 5.41) is 0. The summed E-state index contributed by atoms with van der Waals surface area (Å²) in [6.45, 7) is 3.09. The molecule has 1 heterocycles. The van der Waals surface area contributed by atoms with Gasteiger partial charge >= 0.3 is 0 Å². The lowest BCUT2D eigenvalue weighted by atomic mass is 9.89. The highest BCUT2D eigenvalue weighted by Crippen LogP contribution is 2.30. The van der Waals surface area contributed by atoms with Crippen LogP contribution in [0.25, 0.3) is 0 Å². The molecule has 114 valence electrons. The van der Waals surface area contributed by atoms with E-state index in [1.807, 2.05) is 37.3 Å². The number of primary amides is 1. The predicted octanol–water partition coefficient (Wildman–Crippen LogP) is 0.528. The maximum absolute atomic E-state index is 12.6. The van der Waals surface area contributed by atoms with Crippen LogP contribution in [0.1, 0.15) is 18.9 Å². The van der Waals surface area contributed by atoms with Crippen molar-refractivity contribution in [3.63, 3.8) is 0 Å². The van der Waals surface area contributed by atoms with Crippen molar-refractivity contribution in [2.45, 2.75) is 19.8 Å². The van der Waals surface area contributed by atoms with Gasteiger partial charge in [-0.05, 0) is 25.3 Å². The zero-order chi connectivity index (χ0) is 15.5. The van der Waals surface area contributed by atoms with Gasteiger partial charge in [-0.2, -0.15) is 0 Å². The third kappa shape index (κ3) is 3.42. The lowest BCUT2D eigenvalue weighted by molar-refractivity contribution is -0.135. The van der Waals surface area contributed by atoms with Gasteiger partial charge < -0.3 is 16.4 Å². The van der Waals surface area contributed by atoms with E-state index in [2.05, 4.69) is 0 Å². The summed E-state index contributed by atoms with van der Waals surface area (Å²) in [4.78, 5) is 25.8. The number of likely N-dealkylation sites (tertiary alicyclic amines) is 1. The second-order valence-corrected chi connectivity index (χ2v) is 6.06. The van der Waals surface area contributed by atoms with Gasteiger partial charge in [0.2, 0.25) is 11.8 Å². The van der Waals surface area contributed by atoms with E-state index in [0.717, 1.165) is 5.56 Å². The number of carbonyl (C=O) groups is 2. The molecule has 1 aliphatic rings. The maximum atomic E-state index is 12.6. The maximum Gasteiger partial charge on any atom is 0.227 e. The molecule has 5 nitrogen and oxygen atoms in total. The van der Waals surface area contributed by atoms with Gasteiger partial charge in [-0.15, -0.1) is 0 Å². The number of amides is 2. The summed E-state index contributed by atoms with van der Waals surface area (Å²) in [5.74, 6) is -0.570. The number of rotatable bonds is 5. The Morgan fingerprint density at radius 1 is 1.33 bits per heavy atom. The fourth-order valence-corrected chi connectivity index (χ4v) is 2.78. The number of benzene rings is 1. The van der Waals surface area contributed by atoms with Crippen molar-refractivity contribution in [1.29, 1.82) is 0 Å². The molecule has 0 aromatic heterocycles. The summed E-state index contributed by atoms with van der Waals surface area (Å²) < 4.78 is 0. The standard InChI is InChI=1S/C16H23N3O2/c1-16(15(18)21)7-8-19(11-16)14(20)13(10-17)9-12-5-3-2-4-6-12/h2-6,13H,7-11,17H2,1H3,(H2,18,21). The van der Waals surface area contributed by atoms with Crippen molar-refractivity contribution in [2.24, 2.45) is 22.8 Å². The van der Waals surface area contributed by atoms with Crippen molar-refractivity contribution in [3.8, 4) is 0 Å². The van der Waals surface area contributed by atoms with Crippen LogP contribution in [0.3, 0.4) is 0 Å². The SMILES string of the molecule is CC1(C(N)=O)CCN(C(=O)C(CN)Cc2ccccc2)C1. The molecule has 0 aliphatic carbocycles. The number of hydrogen-bond donors (Lipinski definition) is 2. The van der Waals surface area contributed by atoms with Crippen molar-refractivity contribution in [1.82, 2.24) is 4.90 Å². The third-order valence-electron chi connectivity index (χ3n) is 4.34. The van der Waals surface area contributed by atoms with E-state index in [4.69, 9.17) is 11.5 Å². The second kappa shape index (κ2) is 6.26. The minimum absolute atomic E-state index is 0.0197. The molecule has 0 spiro atoms. The van der Waals surface area contributed by atoms with Gasteiger partial charge in [-0.25, -0.2) is 0 Å². The highest BCUT2D eigenvalue weighted by molar-refractivity contribution is 5.84. The fraction of sp³-hybridized carbons (Fsp3) is 0.500. The number of hydrogen-bond acceptors (Lipinski definition) is 3. The van der Waals surface area contributed by atoms with Crippen LogP contribution in [-0.4, -0.2) is 36.3 Å². The van der Waals surface area contributed by atoms with Gasteiger partial charge in [-0.3, -0.25) is 9.59 Å². The first kappa shape index (κ1) is 15.5. The molecular formula is C16H23N3O2. The highest BCUT2D eigenvalue weighted by Gasteiger charge is 2.41. The molecule has 1 aromatic carbocycles. The first-order chi connectivity index (χ1) is 9.96. The normalized spacial score (nSPS) is 23.0. The molecule has 1 aromatic rings. The van der Waals surface area contributed by atoms with Gasteiger partial charge in [0.25, 0.3) is 0 Å². The van der Waals surface area contributed by atoms with E-state index in [-0.39, 0.29) is 17.7 Å².